The lowest BCUT2D eigenvalue weighted by atomic mass is 9.78. The number of fused-ring (bicyclic) bond motifs is 1. The van der Waals surface area contributed by atoms with Gasteiger partial charge in [0.2, 0.25) is 0 Å². The Morgan fingerprint density at radius 1 is 0.956 bits per heavy atom. The van der Waals surface area contributed by atoms with E-state index in [-0.39, 0.29) is 43.3 Å². The van der Waals surface area contributed by atoms with Crippen molar-refractivity contribution in [2.75, 3.05) is 44.7 Å². The summed E-state index contributed by atoms with van der Waals surface area (Å²) in [5.41, 5.74) is -0.658. The first kappa shape index (κ1) is 36.0. The molecular weight excluding hydrogens is 584 g/mol. The number of anilines is 1. The van der Waals surface area contributed by atoms with Crippen molar-refractivity contribution < 1.29 is 37.7 Å². The van der Waals surface area contributed by atoms with E-state index in [2.05, 4.69) is 19.2 Å². The van der Waals surface area contributed by atoms with Gasteiger partial charge in [0, 0.05) is 50.3 Å². The Morgan fingerprint density at radius 2 is 1.51 bits per heavy atom. The van der Waals surface area contributed by atoms with Crippen LogP contribution in [-0.2, 0) is 9.47 Å². The Labute approximate surface area is 265 Å². The molecule has 9 nitrogen and oxygen atoms in total. The second-order valence-electron chi connectivity index (χ2n) is 12.2. The molecule has 2 fully saturated rings. The maximum atomic E-state index is 15.7. The summed E-state index contributed by atoms with van der Waals surface area (Å²) < 4.78 is 48.0. The molecule has 1 unspecified atom stereocenters. The quantitative estimate of drug-likeness (QED) is 0.356. The Bertz CT molecular complexity index is 1270. The van der Waals surface area contributed by atoms with Crippen LogP contribution in [0.5, 0.6) is 5.75 Å². The van der Waals surface area contributed by atoms with Gasteiger partial charge in [-0.05, 0) is 56.2 Å². The number of carbonyl (C=O) groups is 2. The molecule has 3 aliphatic rings. The molecule has 5 rings (SSSR count). The lowest BCUT2D eigenvalue weighted by Crippen LogP contribution is -2.63. The maximum absolute atomic E-state index is 15.7. The van der Waals surface area contributed by atoms with Crippen LogP contribution < -0.4 is 10.1 Å². The number of amides is 3. The fourth-order valence-electron chi connectivity index (χ4n) is 5.28. The highest BCUT2D eigenvalue weighted by Gasteiger charge is 2.64. The highest BCUT2D eigenvalue weighted by Crippen LogP contribution is 2.54. The lowest BCUT2D eigenvalue weighted by Gasteiger charge is -2.50. The predicted octanol–water partition coefficient (Wildman–Crippen LogP) is 7.49. The molecule has 2 N–H and O–H groups in total. The monoisotopic (exact) mass is 633 g/mol. The standard InChI is InChI=1S/C29H35F2N3O6.C3H8.C2H6/c1-27(2,3)40-26(37)34-12-10-28(11-13-34)29(30,31)24(35)22-18-20(6-9-23(22)39-28)19-4-7-21(8-5-19)32-25(36)33-14-16-38-17-15-33;1-3-2;1-2/h4-9,18,24,35H,10-17H2,1-3H3,(H,32,36);3H2,1-2H3;1-2H3. The second kappa shape index (κ2) is 15.2. The fraction of sp³-hybridized carbons (Fsp3) is 0.588. The zero-order chi connectivity index (χ0) is 33.4. The van der Waals surface area contributed by atoms with Gasteiger partial charge in [-0.3, -0.25) is 0 Å². The molecule has 45 heavy (non-hydrogen) atoms. The number of hydrogen-bond donors (Lipinski definition) is 2. The Kier molecular flexibility index (Phi) is 12.2. The highest BCUT2D eigenvalue weighted by molar-refractivity contribution is 5.89. The van der Waals surface area contributed by atoms with Gasteiger partial charge in [-0.15, -0.1) is 0 Å². The summed E-state index contributed by atoms with van der Waals surface area (Å²) in [6.07, 6.45) is -1.67. The molecular formula is C34H49F2N3O6. The van der Waals surface area contributed by atoms with Crippen LogP contribution in [0.1, 0.15) is 79.4 Å². The number of likely N-dealkylation sites (tertiary alicyclic amines) is 1. The molecule has 11 heteroatoms. The number of morpholine rings is 1. The summed E-state index contributed by atoms with van der Waals surface area (Å²) in [5.74, 6) is -3.38. The number of piperidine rings is 1. The number of halogens is 2. The van der Waals surface area contributed by atoms with Crippen LogP contribution in [0.4, 0.5) is 24.1 Å². The molecule has 0 saturated carbocycles. The lowest BCUT2D eigenvalue weighted by molar-refractivity contribution is -0.247. The van der Waals surface area contributed by atoms with Gasteiger partial charge < -0.3 is 34.4 Å². The Balaban J connectivity index is 0.00000104. The van der Waals surface area contributed by atoms with Crippen LogP contribution in [0.2, 0.25) is 0 Å². The third kappa shape index (κ3) is 8.43. The first-order chi connectivity index (χ1) is 21.3. The van der Waals surface area contributed by atoms with Gasteiger partial charge >= 0.3 is 18.0 Å². The average molecular weight is 634 g/mol. The summed E-state index contributed by atoms with van der Waals surface area (Å²) in [4.78, 5) is 27.9. The van der Waals surface area contributed by atoms with Gasteiger partial charge in [-0.1, -0.05) is 52.3 Å². The molecule has 3 aliphatic heterocycles. The van der Waals surface area contributed by atoms with Crippen molar-refractivity contribution in [3.63, 3.8) is 0 Å². The molecule has 0 bridgehead atoms. The number of nitrogens with zero attached hydrogens (tertiary/aromatic N) is 2. The van der Waals surface area contributed by atoms with E-state index in [1.54, 1.807) is 62.1 Å². The van der Waals surface area contributed by atoms with Gasteiger partial charge in [-0.25, -0.2) is 9.59 Å². The number of urea groups is 1. The summed E-state index contributed by atoms with van der Waals surface area (Å²) >= 11 is 0. The summed E-state index contributed by atoms with van der Waals surface area (Å²) in [6.45, 7) is 15.6. The maximum Gasteiger partial charge on any atom is 0.410 e. The van der Waals surface area contributed by atoms with Gasteiger partial charge in [-0.2, -0.15) is 8.78 Å². The minimum Gasteiger partial charge on any atom is -0.480 e. The molecule has 1 spiro atoms. The van der Waals surface area contributed by atoms with Gasteiger partial charge in [0.25, 0.3) is 0 Å². The zero-order valence-electron chi connectivity index (χ0n) is 27.6. The van der Waals surface area contributed by atoms with E-state index in [9.17, 15) is 14.7 Å². The average Bonchev–Trinajstić information content (AvgIpc) is 3.02. The van der Waals surface area contributed by atoms with Crippen LogP contribution in [0.25, 0.3) is 11.1 Å². The van der Waals surface area contributed by atoms with Crippen LogP contribution in [-0.4, -0.2) is 83.5 Å². The first-order valence-electron chi connectivity index (χ1n) is 15.9. The van der Waals surface area contributed by atoms with E-state index in [0.717, 1.165) is 5.56 Å². The molecule has 2 saturated heterocycles. The topological polar surface area (TPSA) is 101 Å². The van der Waals surface area contributed by atoms with Gasteiger partial charge in [0.05, 0.1) is 13.2 Å². The van der Waals surface area contributed by atoms with E-state index in [1.807, 2.05) is 13.8 Å². The number of ether oxygens (including phenoxy) is 3. The van der Waals surface area contributed by atoms with Crippen molar-refractivity contribution >= 4 is 17.8 Å². The van der Waals surface area contributed by atoms with Crippen molar-refractivity contribution in [2.24, 2.45) is 0 Å². The summed E-state index contributed by atoms with van der Waals surface area (Å²) in [7, 11) is 0. The van der Waals surface area contributed by atoms with E-state index in [4.69, 9.17) is 14.2 Å². The van der Waals surface area contributed by atoms with Crippen LogP contribution >= 0.6 is 0 Å². The Hall–Kier alpha value is -3.44. The second-order valence-corrected chi connectivity index (χ2v) is 12.2. The van der Waals surface area contributed by atoms with E-state index in [1.165, 1.54) is 17.4 Å². The summed E-state index contributed by atoms with van der Waals surface area (Å²) in [6, 6.07) is 11.7. The molecule has 250 valence electrons. The molecule has 3 amide bonds. The number of aliphatic hydroxyl groups is 1. The SMILES string of the molecule is CC.CC(C)(C)OC(=O)N1CCC2(CC1)Oc1ccc(-c3ccc(NC(=O)N4CCOCC4)cc3)cc1C(O)C2(F)F.CCC. The number of aliphatic hydroxyl groups excluding tert-OH is 1. The van der Waals surface area contributed by atoms with Crippen molar-refractivity contribution in [1.29, 1.82) is 0 Å². The first-order valence-corrected chi connectivity index (χ1v) is 15.9. The largest absolute Gasteiger partial charge is 0.480 e. The molecule has 2 aromatic rings. The Morgan fingerprint density at radius 3 is 2.07 bits per heavy atom. The molecule has 0 aromatic heterocycles. The number of benzene rings is 2. The van der Waals surface area contributed by atoms with Gasteiger partial charge in [0.15, 0.2) is 11.7 Å². The number of rotatable bonds is 2. The number of nitrogens with one attached hydrogen (secondary N) is 1. The molecule has 0 radical (unpaired) electrons. The number of hydrogen-bond acceptors (Lipinski definition) is 6. The third-order valence-electron chi connectivity index (χ3n) is 7.55. The smallest absolute Gasteiger partial charge is 0.410 e. The molecule has 3 heterocycles. The fourth-order valence-corrected chi connectivity index (χ4v) is 5.28. The van der Waals surface area contributed by atoms with Crippen LogP contribution in [0, 0.1) is 0 Å². The number of carbonyl (C=O) groups excluding carboxylic acids is 2. The van der Waals surface area contributed by atoms with Gasteiger partial charge in [0.1, 0.15) is 11.4 Å². The minimum atomic E-state index is -3.58. The minimum absolute atomic E-state index is 0.00685. The van der Waals surface area contributed by atoms with E-state index >= 15 is 8.78 Å². The van der Waals surface area contributed by atoms with Crippen molar-refractivity contribution in [2.45, 2.75) is 91.0 Å². The zero-order valence-corrected chi connectivity index (χ0v) is 27.6. The normalized spacial score (nSPS) is 19.9. The van der Waals surface area contributed by atoms with Crippen molar-refractivity contribution in [1.82, 2.24) is 9.80 Å². The molecule has 1 atom stereocenters. The molecule has 2 aromatic carbocycles. The summed E-state index contributed by atoms with van der Waals surface area (Å²) in [5, 5.41) is 13.7. The van der Waals surface area contributed by atoms with E-state index in [0.29, 0.717) is 37.6 Å². The van der Waals surface area contributed by atoms with Crippen molar-refractivity contribution in [3.8, 4) is 16.9 Å². The number of alkyl halides is 2. The predicted molar refractivity (Wildman–Crippen MR) is 171 cm³/mol. The third-order valence-corrected chi connectivity index (χ3v) is 7.55. The molecule has 0 aliphatic carbocycles. The van der Waals surface area contributed by atoms with Crippen LogP contribution in [0.3, 0.4) is 0 Å². The van der Waals surface area contributed by atoms with Crippen molar-refractivity contribution in [3.05, 3.63) is 48.0 Å². The van der Waals surface area contributed by atoms with E-state index < -0.39 is 29.3 Å². The van der Waals surface area contributed by atoms with Crippen LogP contribution in [0.15, 0.2) is 42.5 Å². The highest BCUT2D eigenvalue weighted by atomic mass is 19.3.